The van der Waals surface area contributed by atoms with Gasteiger partial charge in [-0.3, -0.25) is 4.90 Å². The number of methoxy groups -OCH3 is 1. The topological polar surface area (TPSA) is 57.7 Å². The summed E-state index contributed by atoms with van der Waals surface area (Å²) < 4.78 is 5.17. The van der Waals surface area contributed by atoms with Gasteiger partial charge >= 0.3 is 6.03 Å². The van der Waals surface area contributed by atoms with Gasteiger partial charge in [-0.2, -0.15) is 0 Å². The summed E-state index contributed by atoms with van der Waals surface area (Å²) in [5, 5.41) is 6.89. The van der Waals surface area contributed by atoms with Gasteiger partial charge in [-0.05, 0) is 36.2 Å². The molecule has 3 aromatic rings. The van der Waals surface area contributed by atoms with Crippen LogP contribution in [0, 0.1) is 0 Å². The molecule has 168 valence electrons. The number of piperazine rings is 1. The smallest absolute Gasteiger partial charge is 0.317 e. The lowest BCUT2D eigenvalue weighted by Gasteiger charge is -2.34. The van der Waals surface area contributed by atoms with Gasteiger partial charge in [-0.1, -0.05) is 35.9 Å². The minimum Gasteiger partial charge on any atom is -0.497 e. The van der Waals surface area contributed by atoms with E-state index in [0.29, 0.717) is 6.54 Å². The highest BCUT2D eigenvalue weighted by Gasteiger charge is 2.21. The number of halogens is 1. The summed E-state index contributed by atoms with van der Waals surface area (Å²) in [5.74, 6) is 0.842. The maximum atomic E-state index is 12.5. The van der Waals surface area contributed by atoms with Gasteiger partial charge in [0, 0.05) is 55.2 Å². The van der Waals surface area contributed by atoms with Crippen LogP contribution in [-0.2, 0) is 13.0 Å². The van der Waals surface area contributed by atoms with E-state index in [4.69, 9.17) is 21.3 Å². The number of hydrogen-bond acceptors (Lipinski definition) is 5. The predicted octanol–water partition coefficient (Wildman–Crippen LogP) is 4.54. The van der Waals surface area contributed by atoms with Crippen molar-refractivity contribution in [2.24, 2.45) is 0 Å². The molecule has 4 rings (SSSR count). The molecule has 2 amide bonds. The van der Waals surface area contributed by atoms with Crippen LogP contribution in [0.15, 0.2) is 53.9 Å². The van der Waals surface area contributed by atoms with E-state index in [-0.39, 0.29) is 6.03 Å². The Morgan fingerprint density at radius 2 is 1.81 bits per heavy atom. The van der Waals surface area contributed by atoms with Crippen molar-refractivity contribution in [3.63, 3.8) is 0 Å². The van der Waals surface area contributed by atoms with Crippen LogP contribution in [0.4, 0.5) is 4.79 Å². The lowest BCUT2D eigenvalue weighted by molar-refractivity contribution is 0.134. The minimum absolute atomic E-state index is 0.0110. The summed E-state index contributed by atoms with van der Waals surface area (Å²) in [4.78, 5) is 21.5. The highest BCUT2D eigenvalue weighted by atomic mass is 35.5. The number of nitrogens with zero attached hydrogens (tertiary/aromatic N) is 3. The number of hydrogen-bond donors (Lipinski definition) is 1. The zero-order chi connectivity index (χ0) is 22.3. The van der Waals surface area contributed by atoms with Crippen molar-refractivity contribution in [3.05, 3.63) is 70.2 Å². The third-order valence-electron chi connectivity index (χ3n) is 5.54. The van der Waals surface area contributed by atoms with Crippen molar-refractivity contribution in [1.29, 1.82) is 0 Å². The van der Waals surface area contributed by atoms with E-state index in [1.807, 2.05) is 53.4 Å². The molecule has 0 atom stereocenters. The van der Waals surface area contributed by atoms with Gasteiger partial charge in [0.25, 0.3) is 0 Å². The molecule has 8 heteroatoms. The number of carbonyl (C=O) groups is 1. The van der Waals surface area contributed by atoms with Crippen LogP contribution in [0.25, 0.3) is 10.6 Å². The zero-order valence-electron chi connectivity index (χ0n) is 18.1. The second-order valence-corrected chi connectivity index (χ2v) is 9.04. The number of rotatable bonds is 7. The maximum Gasteiger partial charge on any atom is 0.317 e. The maximum absolute atomic E-state index is 12.5. The number of ether oxygens (including phenoxy) is 1. The Balaban J connectivity index is 1.19. The summed E-state index contributed by atoms with van der Waals surface area (Å²) in [6, 6.07) is 15.7. The number of amides is 2. The number of nitrogens with one attached hydrogen (secondary N) is 1. The Bertz CT molecular complexity index is 1020. The molecule has 2 aromatic carbocycles. The summed E-state index contributed by atoms with van der Waals surface area (Å²) in [6.07, 6.45) is 0.801. The van der Waals surface area contributed by atoms with Gasteiger partial charge in [0.2, 0.25) is 0 Å². The number of thiazole rings is 1. The molecule has 2 heterocycles. The van der Waals surface area contributed by atoms with Crippen LogP contribution in [0.3, 0.4) is 0 Å². The fourth-order valence-electron chi connectivity index (χ4n) is 3.66. The fraction of sp³-hybridized carbons (Fsp3) is 0.333. The lowest BCUT2D eigenvalue weighted by Crippen LogP contribution is -2.51. The molecule has 0 saturated carbocycles. The standard InChI is InChI=1S/C24H27ClN4O2S/c1-31-22-8-2-18(3-9-22)10-11-26-24(30)29-14-12-28(13-15-29)16-21-17-32-23(27-21)19-4-6-20(25)7-5-19/h2-9,17H,10-16H2,1H3,(H,26,30). The molecular weight excluding hydrogens is 444 g/mol. The Labute approximate surface area is 197 Å². The number of aromatic nitrogens is 1. The molecule has 1 aliphatic rings. The van der Waals surface area contributed by atoms with Crippen molar-refractivity contribution in [3.8, 4) is 16.3 Å². The second-order valence-electron chi connectivity index (χ2n) is 7.74. The van der Waals surface area contributed by atoms with Crippen molar-refractivity contribution in [2.75, 3.05) is 39.8 Å². The molecule has 1 N–H and O–H groups in total. The first kappa shape index (κ1) is 22.6. The number of carbonyl (C=O) groups excluding carboxylic acids is 1. The summed E-state index contributed by atoms with van der Waals surface area (Å²) in [6.45, 7) is 4.57. The van der Waals surface area contributed by atoms with E-state index in [1.165, 1.54) is 5.56 Å². The van der Waals surface area contributed by atoms with E-state index in [0.717, 1.165) is 66.2 Å². The summed E-state index contributed by atoms with van der Waals surface area (Å²) in [7, 11) is 1.66. The first-order valence-electron chi connectivity index (χ1n) is 10.7. The van der Waals surface area contributed by atoms with Crippen molar-refractivity contribution in [1.82, 2.24) is 20.1 Å². The molecule has 1 saturated heterocycles. The van der Waals surface area contributed by atoms with Crippen LogP contribution >= 0.6 is 22.9 Å². The van der Waals surface area contributed by atoms with Crippen LogP contribution in [0.1, 0.15) is 11.3 Å². The zero-order valence-corrected chi connectivity index (χ0v) is 19.7. The summed E-state index contributed by atoms with van der Waals surface area (Å²) >= 11 is 7.62. The SMILES string of the molecule is COc1ccc(CCNC(=O)N2CCN(Cc3csc(-c4ccc(Cl)cc4)n3)CC2)cc1. The Morgan fingerprint density at radius 3 is 2.50 bits per heavy atom. The monoisotopic (exact) mass is 470 g/mol. The van der Waals surface area contributed by atoms with Crippen LogP contribution in [0.2, 0.25) is 5.02 Å². The summed E-state index contributed by atoms with van der Waals surface area (Å²) in [5.41, 5.74) is 3.33. The Kier molecular flexibility index (Phi) is 7.63. The van der Waals surface area contributed by atoms with Crippen LogP contribution in [-0.4, -0.2) is 60.6 Å². The van der Waals surface area contributed by atoms with Crippen molar-refractivity contribution < 1.29 is 9.53 Å². The molecule has 32 heavy (non-hydrogen) atoms. The third kappa shape index (κ3) is 6.00. The van der Waals surface area contributed by atoms with Crippen LogP contribution < -0.4 is 10.1 Å². The van der Waals surface area contributed by atoms with Gasteiger partial charge < -0.3 is 15.0 Å². The largest absolute Gasteiger partial charge is 0.497 e. The highest BCUT2D eigenvalue weighted by Crippen LogP contribution is 2.25. The first-order chi connectivity index (χ1) is 15.6. The molecule has 0 radical (unpaired) electrons. The second kappa shape index (κ2) is 10.8. The molecule has 0 spiro atoms. The van der Waals surface area contributed by atoms with E-state index in [9.17, 15) is 4.79 Å². The van der Waals surface area contributed by atoms with E-state index in [1.54, 1.807) is 18.4 Å². The predicted molar refractivity (Wildman–Crippen MR) is 130 cm³/mol. The van der Waals surface area contributed by atoms with Gasteiger partial charge in [-0.15, -0.1) is 11.3 Å². The molecule has 6 nitrogen and oxygen atoms in total. The normalized spacial score (nSPS) is 14.4. The fourth-order valence-corrected chi connectivity index (χ4v) is 4.60. The molecule has 1 fully saturated rings. The van der Waals surface area contributed by atoms with E-state index >= 15 is 0 Å². The van der Waals surface area contributed by atoms with E-state index < -0.39 is 0 Å². The average molecular weight is 471 g/mol. The Morgan fingerprint density at radius 1 is 1.09 bits per heavy atom. The quantitative estimate of drug-likeness (QED) is 0.550. The van der Waals surface area contributed by atoms with Gasteiger partial charge in [0.15, 0.2) is 0 Å². The van der Waals surface area contributed by atoms with E-state index in [2.05, 4.69) is 15.6 Å². The lowest BCUT2D eigenvalue weighted by atomic mass is 10.1. The third-order valence-corrected chi connectivity index (χ3v) is 6.73. The molecule has 1 aromatic heterocycles. The van der Waals surface area contributed by atoms with Gasteiger partial charge in [-0.25, -0.2) is 9.78 Å². The highest BCUT2D eigenvalue weighted by molar-refractivity contribution is 7.13. The molecular formula is C24H27ClN4O2S. The Hall–Kier alpha value is -2.61. The van der Waals surface area contributed by atoms with Gasteiger partial charge in [0.05, 0.1) is 12.8 Å². The molecule has 0 aliphatic carbocycles. The number of urea groups is 1. The number of benzene rings is 2. The first-order valence-corrected chi connectivity index (χ1v) is 11.9. The minimum atomic E-state index is 0.0110. The van der Waals surface area contributed by atoms with Crippen LogP contribution in [0.5, 0.6) is 5.75 Å². The molecule has 0 unspecified atom stereocenters. The van der Waals surface area contributed by atoms with Crippen molar-refractivity contribution in [2.45, 2.75) is 13.0 Å². The molecule has 0 bridgehead atoms. The average Bonchev–Trinajstić information content (AvgIpc) is 3.29. The van der Waals surface area contributed by atoms with Crippen molar-refractivity contribution >= 4 is 29.0 Å². The van der Waals surface area contributed by atoms with Gasteiger partial charge in [0.1, 0.15) is 10.8 Å². The molecule has 1 aliphatic heterocycles.